The fraction of sp³-hybridized carbons (Fsp3) is 0.409. The van der Waals surface area contributed by atoms with Gasteiger partial charge in [-0.05, 0) is 62.6 Å². The highest BCUT2D eigenvalue weighted by atomic mass is 16.6. The Balaban J connectivity index is 2.08. The minimum Gasteiger partial charge on any atom is -0.447 e. The number of hydrogen-bond donors (Lipinski definition) is 1. The molecule has 2 heterocycles. The lowest BCUT2D eigenvalue weighted by Crippen LogP contribution is -2.45. The Labute approximate surface area is 170 Å². The highest BCUT2D eigenvalue weighted by Crippen LogP contribution is 2.39. The van der Waals surface area contributed by atoms with Crippen LogP contribution in [0.15, 0.2) is 41.3 Å². The van der Waals surface area contributed by atoms with Gasteiger partial charge in [0.05, 0.1) is 12.1 Å². The predicted octanol–water partition coefficient (Wildman–Crippen LogP) is 3.37. The van der Waals surface area contributed by atoms with Gasteiger partial charge >= 0.3 is 6.09 Å². The summed E-state index contributed by atoms with van der Waals surface area (Å²) in [6.45, 7) is 7.06. The molecule has 0 spiro atoms. The van der Waals surface area contributed by atoms with Crippen LogP contribution in [-0.4, -0.2) is 28.7 Å². The molecule has 1 aromatic carbocycles. The molecule has 154 valence electrons. The largest absolute Gasteiger partial charge is 0.447 e. The van der Waals surface area contributed by atoms with Crippen LogP contribution in [0.2, 0.25) is 0 Å². The van der Waals surface area contributed by atoms with Crippen LogP contribution < -0.4 is 15.8 Å². The monoisotopic (exact) mass is 397 g/mol. The number of benzene rings is 1. The molecule has 2 aromatic rings. The van der Waals surface area contributed by atoms with Crippen molar-refractivity contribution in [2.45, 2.75) is 52.3 Å². The minimum absolute atomic E-state index is 0.0645. The Morgan fingerprint density at radius 3 is 2.62 bits per heavy atom. The summed E-state index contributed by atoms with van der Waals surface area (Å²) in [6, 6.07) is 8.75. The van der Waals surface area contributed by atoms with E-state index >= 15 is 0 Å². The van der Waals surface area contributed by atoms with Gasteiger partial charge in [-0.1, -0.05) is 6.07 Å². The third-order valence-corrected chi connectivity index (χ3v) is 5.09. The SMILES string of the molecule is CC(=O)N1c2ccc(-c3cccn(C)c3=O)cc2[C@H](NC(=O)OC(C)C)C[C@@H]1C. The summed E-state index contributed by atoms with van der Waals surface area (Å²) in [6.07, 6.45) is 1.52. The number of rotatable bonds is 3. The standard InChI is InChI=1S/C22H27N3O4/c1-13(2)29-22(28)23-19-11-14(3)25(15(4)26)20-9-8-16(12-18(19)20)17-7-6-10-24(5)21(17)27/h6-10,12-14,19H,11H2,1-5H3,(H,23,28)/t14-,19+/m0/s1. The molecule has 0 radical (unpaired) electrons. The number of carbonyl (C=O) groups is 2. The van der Waals surface area contributed by atoms with Crippen LogP contribution in [0, 0.1) is 0 Å². The molecule has 2 atom stereocenters. The van der Waals surface area contributed by atoms with Crippen molar-refractivity contribution >= 4 is 17.7 Å². The van der Waals surface area contributed by atoms with Crippen molar-refractivity contribution in [1.29, 1.82) is 0 Å². The van der Waals surface area contributed by atoms with Crippen LogP contribution in [0.4, 0.5) is 10.5 Å². The number of ether oxygens (including phenoxy) is 1. The number of anilines is 1. The summed E-state index contributed by atoms with van der Waals surface area (Å²) in [5.74, 6) is -0.0645. The molecule has 0 saturated carbocycles. The first-order chi connectivity index (χ1) is 13.7. The van der Waals surface area contributed by atoms with Crippen LogP contribution in [0.5, 0.6) is 0 Å². The second-order valence-electron chi connectivity index (χ2n) is 7.74. The molecule has 3 rings (SSSR count). The summed E-state index contributed by atoms with van der Waals surface area (Å²) >= 11 is 0. The number of aryl methyl sites for hydroxylation is 1. The first-order valence-corrected chi connectivity index (χ1v) is 9.76. The van der Waals surface area contributed by atoms with Gasteiger partial charge in [-0.3, -0.25) is 9.59 Å². The molecular formula is C22H27N3O4. The van der Waals surface area contributed by atoms with Gasteiger partial charge in [0, 0.05) is 37.5 Å². The smallest absolute Gasteiger partial charge is 0.407 e. The van der Waals surface area contributed by atoms with Crippen molar-refractivity contribution in [1.82, 2.24) is 9.88 Å². The maximum absolute atomic E-state index is 12.6. The van der Waals surface area contributed by atoms with E-state index in [0.29, 0.717) is 12.0 Å². The van der Waals surface area contributed by atoms with Crippen molar-refractivity contribution in [2.24, 2.45) is 7.05 Å². The molecule has 0 bridgehead atoms. The Morgan fingerprint density at radius 1 is 1.24 bits per heavy atom. The number of hydrogen-bond acceptors (Lipinski definition) is 4. The van der Waals surface area contributed by atoms with Gasteiger partial charge in [0.15, 0.2) is 0 Å². The lowest BCUT2D eigenvalue weighted by atomic mass is 9.89. The first-order valence-electron chi connectivity index (χ1n) is 9.76. The zero-order valence-electron chi connectivity index (χ0n) is 17.4. The van der Waals surface area contributed by atoms with E-state index in [2.05, 4.69) is 5.32 Å². The Morgan fingerprint density at radius 2 is 1.97 bits per heavy atom. The maximum atomic E-state index is 12.6. The quantitative estimate of drug-likeness (QED) is 0.861. The van der Waals surface area contributed by atoms with Gasteiger partial charge in [0.25, 0.3) is 5.56 Å². The molecule has 1 aliphatic heterocycles. The van der Waals surface area contributed by atoms with E-state index in [1.54, 1.807) is 38.1 Å². The molecule has 0 aliphatic carbocycles. The van der Waals surface area contributed by atoms with Gasteiger partial charge in [-0.15, -0.1) is 0 Å². The molecular weight excluding hydrogens is 370 g/mol. The zero-order chi connectivity index (χ0) is 21.3. The number of nitrogens with one attached hydrogen (secondary N) is 1. The van der Waals surface area contributed by atoms with Crippen LogP contribution in [0.1, 0.15) is 45.7 Å². The zero-order valence-corrected chi connectivity index (χ0v) is 17.4. The number of carbonyl (C=O) groups excluding carboxylic acids is 2. The molecule has 2 amide bonds. The summed E-state index contributed by atoms with van der Waals surface area (Å²) < 4.78 is 6.77. The molecule has 7 nitrogen and oxygen atoms in total. The molecule has 0 fully saturated rings. The molecule has 7 heteroatoms. The highest BCUT2D eigenvalue weighted by Gasteiger charge is 2.34. The average molecular weight is 397 g/mol. The van der Waals surface area contributed by atoms with Crippen molar-refractivity contribution in [3.63, 3.8) is 0 Å². The van der Waals surface area contributed by atoms with Crippen LogP contribution in [0.3, 0.4) is 0 Å². The van der Waals surface area contributed by atoms with Crippen LogP contribution in [0.25, 0.3) is 11.1 Å². The number of pyridine rings is 1. The summed E-state index contributed by atoms with van der Waals surface area (Å²) in [5.41, 5.74) is 2.73. The van der Waals surface area contributed by atoms with E-state index in [9.17, 15) is 14.4 Å². The Hall–Kier alpha value is -3.09. The summed E-state index contributed by atoms with van der Waals surface area (Å²) in [7, 11) is 1.70. The number of fused-ring (bicyclic) bond motifs is 1. The number of alkyl carbamates (subject to hydrolysis) is 1. The van der Waals surface area contributed by atoms with Crippen LogP contribution in [-0.2, 0) is 16.6 Å². The Bertz CT molecular complexity index is 996. The summed E-state index contributed by atoms with van der Waals surface area (Å²) in [5, 5.41) is 2.92. The maximum Gasteiger partial charge on any atom is 0.407 e. The van der Waals surface area contributed by atoms with E-state index < -0.39 is 6.09 Å². The van der Waals surface area contributed by atoms with E-state index in [-0.39, 0.29) is 29.7 Å². The third-order valence-electron chi connectivity index (χ3n) is 5.09. The van der Waals surface area contributed by atoms with E-state index in [1.807, 2.05) is 31.2 Å². The highest BCUT2D eigenvalue weighted by molar-refractivity contribution is 5.94. The van der Waals surface area contributed by atoms with E-state index in [0.717, 1.165) is 16.8 Å². The second kappa shape index (κ2) is 8.11. The van der Waals surface area contributed by atoms with Gasteiger partial charge in [-0.2, -0.15) is 0 Å². The minimum atomic E-state index is -0.500. The molecule has 1 aliphatic rings. The van der Waals surface area contributed by atoms with Gasteiger partial charge < -0.3 is 19.5 Å². The van der Waals surface area contributed by atoms with E-state index in [1.165, 1.54) is 11.5 Å². The molecule has 29 heavy (non-hydrogen) atoms. The lowest BCUT2D eigenvalue weighted by Gasteiger charge is -2.39. The number of amides is 2. The van der Waals surface area contributed by atoms with Crippen molar-refractivity contribution in [3.8, 4) is 11.1 Å². The first kappa shape index (κ1) is 20.6. The molecule has 0 unspecified atom stereocenters. The molecule has 0 saturated heterocycles. The second-order valence-corrected chi connectivity index (χ2v) is 7.74. The van der Waals surface area contributed by atoms with Gasteiger partial charge in [-0.25, -0.2) is 4.79 Å². The average Bonchev–Trinajstić information content (AvgIpc) is 2.62. The predicted molar refractivity (Wildman–Crippen MR) is 112 cm³/mol. The number of aromatic nitrogens is 1. The Kier molecular flexibility index (Phi) is 5.77. The topological polar surface area (TPSA) is 80.6 Å². The van der Waals surface area contributed by atoms with Crippen molar-refractivity contribution in [2.75, 3.05) is 4.90 Å². The normalized spacial score (nSPS) is 18.3. The number of nitrogens with zero attached hydrogens (tertiary/aromatic N) is 2. The molecule has 1 N–H and O–H groups in total. The fourth-order valence-electron chi connectivity index (χ4n) is 3.86. The summed E-state index contributed by atoms with van der Waals surface area (Å²) in [4.78, 5) is 38.8. The van der Waals surface area contributed by atoms with Crippen molar-refractivity contribution < 1.29 is 14.3 Å². The van der Waals surface area contributed by atoms with Gasteiger partial charge in [0.1, 0.15) is 0 Å². The fourth-order valence-corrected chi connectivity index (χ4v) is 3.86. The van der Waals surface area contributed by atoms with Crippen LogP contribution >= 0.6 is 0 Å². The van der Waals surface area contributed by atoms with Crippen molar-refractivity contribution in [3.05, 3.63) is 52.4 Å². The third kappa shape index (κ3) is 4.18. The molecule has 1 aromatic heterocycles. The van der Waals surface area contributed by atoms with Gasteiger partial charge in [0.2, 0.25) is 5.91 Å². The lowest BCUT2D eigenvalue weighted by molar-refractivity contribution is -0.117. The van der Waals surface area contributed by atoms with E-state index in [4.69, 9.17) is 4.74 Å².